The molecule has 1 saturated carbocycles. The first-order chi connectivity index (χ1) is 14.0. The van der Waals surface area contributed by atoms with Crippen LogP contribution in [0.1, 0.15) is 41.6 Å². The van der Waals surface area contributed by atoms with Crippen molar-refractivity contribution in [1.29, 1.82) is 0 Å². The number of hydrogen-bond donors (Lipinski definition) is 2. The van der Waals surface area contributed by atoms with Crippen LogP contribution in [0.2, 0.25) is 0 Å². The zero-order valence-corrected chi connectivity index (χ0v) is 16.7. The van der Waals surface area contributed by atoms with E-state index in [2.05, 4.69) is 10.6 Å². The van der Waals surface area contributed by atoms with Crippen molar-refractivity contribution in [3.63, 3.8) is 0 Å². The van der Waals surface area contributed by atoms with Gasteiger partial charge in [0.05, 0.1) is 18.4 Å². The van der Waals surface area contributed by atoms with Gasteiger partial charge in [0.15, 0.2) is 0 Å². The standard InChI is InChI=1S/C23H26N2O4/c1-15-7-13-18(14-8-15)24-21(26)16-9-11-17(12-10-16)22(27)25-20-6-4-3-5-19(20)23(28)29-2/h3-8,13-14,16-17H,9-12H2,1-2H3,(H,24,26)(H,25,27). The number of carbonyl (C=O) groups is 3. The summed E-state index contributed by atoms with van der Waals surface area (Å²) < 4.78 is 4.77. The summed E-state index contributed by atoms with van der Waals surface area (Å²) in [6, 6.07) is 14.5. The van der Waals surface area contributed by atoms with Gasteiger partial charge in [-0.15, -0.1) is 0 Å². The van der Waals surface area contributed by atoms with Gasteiger partial charge in [-0.1, -0.05) is 29.8 Å². The molecule has 0 spiro atoms. The lowest BCUT2D eigenvalue weighted by molar-refractivity contribution is -0.125. The number of nitrogens with one attached hydrogen (secondary N) is 2. The van der Waals surface area contributed by atoms with Gasteiger partial charge in [-0.2, -0.15) is 0 Å². The van der Waals surface area contributed by atoms with Gasteiger partial charge in [-0.25, -0.2) is 4.79 Å². The predicted molar refractivity (Wildman–Crippen MR) is 112 cm³/mol. The number of ether oxygens (including phenoxy) is 1. The normalized spacial score (nSPS) is 18.6. The summed E-state index contributed by atoms with van der Waals surface area (Å²) in [6.07, 6.45) is 2.60. The molecule has 152 valence electrons. The van der Waals surface area contributed by atoms with Gasteiger partial charge in [0.25, 0.3) is 0 Å². The Morgan fingerprint density at radius 1 is 0.828 bits per heavy atom. The fraction of sp³-hybridized carbons (Fsp3) is 0.348. The lowest BCUT2D eigenvalue weighted by Crippen LogP contribution is -2.32. The van der Waals surface area contributed by atoms with Crippen LogP contribution in [-0.2, 0) is 14.3 Å². The van der Waals surface area contributed by atoms with Crippen molar-refractivity contribution in [1.82, 2.24) is 0 Å². The number of rotatable bonds is 5. The summed E-state index contributed by atoms with van der Waals surface area (Å²) in [5.74, 6) is -0.883. The Bertz CT molecular complexity index is 884. The SMILES string of the molecule is COC(=O)c1ccccc1NC(=O)C1CCC(C(=O)Nc2ccc(C)cc2)CC1. The average Bonchev–Trinajstić information content (AvgIpc) is 2.75. The van der Waals surface area contributed by atoms with Crippen LogP contribution in [-0.4, -0.2) is 24.9 Å². The lowest BCUT2D eigenvalue weighted by atomic mass is 9.81. The molecule has 0 unspecified atom stereocenters. The minimum absolute atomic E-state index is 0.00347. The molecule has 0 radical (unpaired) electrons. The van der Waals surface area contributed by atoms with Crippen molar-refractivity contribution < 1.29 is 19.1 Å². The number of esters is 1. The maximum Gasteiger partial charge on any atom is 0.339 e. The minimum Gasteiger partial charge on any atom is -0.465 e. The maximum absolute atomic E-state index is 12.7. The highest BCUT2D eigenvalue weighted by Crippen LogP contribution is 2.31. The summed E-state index contributed by atoms with van der Waals surface area (Å²) in [7, 11) is 1.31. The first-order valence-corrected chi connectivity index (χ1v) is 9.83. The molecule has 1 aliphatic rings. The van der Waals surface area contributed by atoms with E-state index in [9.17, 15) is 14.4 Å². The molecule has 6 heteroatoms. The fourth-order valence-electron chi connectivity index (χ4n) is 3.61. The third kappa shape index (κ3) is 5.22. The Balaban J connectivity index is 1.54. The van der Waals surface area contributed by atoms with Crippen molar-refractivity contribution in [2.75, 3.05) is 17.7 Å². The third-order valence-corrected chi connectivity index (χ3v) is 5.38. The van der Waals surface area contributed by atoms with E-state index in [1.54, 1.807) is 24.3 Å². The van der Waals surface area contributed by atoms with Gasteiger partial charge < -0.3 is 15.4 Å². The molecule has 0 atom stereocenters. The van der Waals surface area contributed by atoms with E-state index >= 15 is 0 Å². The molecular weight excluding hydrogens is 368 g/mol. The second-order valence-electron chi connectivity index (χ2n) is 7.43. The van der Waals surface area contributed by atoms with Gasteiger partial charge >= 0.3 is 5.97 Å². The lowest BCUT2D eigenvalue weighted by Gasteiger charge is -2.27. The van der Waals surface area contributed by atoms with Gasteiger partial charge in [0.1, 0.15) is 0 Å². The number of methoxy groups -OCH3 is 1. The Kier molecular flexibility index (Phi) is 6.65. The molecule has 1 aliphatic carbocycles. The quantitative estimate of drug-likeness (QED) is 0.746. The molecule has 0 bridgehead atoms. The number of para-hydroxylation sites is 1. The fourth-order valence-corrected chi connectivity index (χ4v) is 3.61. The predicted octanol–water partition coefficient (Wildman–Crippen LogP) is 4.17. The topological polar surface area (TPSA) is 84.5 Å². The number of carbonyl (C=O) groups excluding carboxylic acids is 3. The zero-order chi connectivity index (χ0) is 20.8. The van der Waals surface area contributed by atoms with E-state index in [0.29, 0.717) is 36.9 Å². The van der Waals surface area contributed by atoms with Gasteiger partial charge in [0.2, 0.25) is 11.8 Å². The van der Waals surface area contributed by atoms with Gasteiger partial charge in [-0.05, 0) is 56.9 Å². The summed E-state index contributed by atoms with van der Waals surface area (Å²) >= 11 is 0. The van der Waals surface area contributed by atoms with Gasteiger partial charge in [-0.3, -0.25) is 9.59 Å². The van der Waals surface area contributed by atoms with Crippen LogP contribution in [0.15, 0.2) is 48.5 Å². The second-order valence-corrected chi connectivity index (χ2v) is 7.43. The van der Waals surface area contributed by atoms with E-state index in [-0.39, 0.29) is 23.7 Å². The van der Waals surface area contributed by atoms with Crippen LogP contribution in [0.3, 0.4) is 0 Å². The van der Waals surface area contributed by atoms with E-state index in [1.807, 2.05) is 31.2 Å². The van der Waals surface area contributed by atoms with Crippen molar-refractivity contribution >= 4 is 29.2 Å². The summed E-state index contributed by atoms with van der Waals surface area (Å²) in [5, 5.41) is 5.80. The first kappa shape index (κ1) is 20.6. The summed E-state index contributed by atoms with van der Waals surface area (Å²) in [5.41, 5.74) is 2.71. The molecule has 29 heavy (non-hydrogen) atoms. The second kappa shape index (κ2) is 9.37. The highest BCUT2D eigenvalue weighted by Gasteiger charge is 2.30. The molecule has 0 heterocycles. The number of amides is 2. The Labute approximate surface area is 170 Å². The molecular formula is C23H26N2O4. The van der Waals surface area contributed by atoms with Crippen molar-refractivity contribution in [2.45, 2.75) is 32.6 Å². The number of hydrogen-bond acceptors (Lipinski definition) is 4. The molecule has 2 aromatic rings. The van der Waals surface area contributed by atoms with Crippen LogP contribution in [0, 0.1) is 18.8 Å². The highest BCUT2D eigenvalue weighted by molar-refractivity contribution is 6.02. The van der Waals surface area contributed by atoms with E-state index in [4.69, 9.17) is 4.74 Å². The van der Waals surface area contributed by atoms with Crippen molar-refractivity contribution in [2.24, 2.45) is 11.8 Å². The van der Waals surface area contributed by atoms with Gasteiger partial charge in [0, 0.05) is 17.5 Å². The molecule has 0 saturated heterocycles. The van der Waals surface area contributed by atoms with Crippen LogP contribution in [0.25, 0.3) is 0 Å². The number of aryl methyl sites for hydroxylation is 1. The third-order valence-electron chi connectivity index (χ3n) is 5.38. The summed E-state index contributed by atoms with van der Waals surface area (Å²) in [4.78, 5) is 37.0. The average molecular weight is 394 g/mol. The van der Waals surface area contributed by atoms with Crippen LogP contribution in [0.5, 0.6) is 0 Å². The molecule has 1 fully saturated rings. The molecule has 6 nitrogen and oxygen atoms in total. The van der Waals surface area contributed by atoms with Crippen LogP contribution >= 0.6 is 0 Å². The number of benzene rings is 2. The molecule has 2 N–H and O–H groups in total. The molecule has 0 aliphatic heterocycles. The number of anilines is 2. The van der Waals surface area contributed by atoms with E-state index < -0.39 is 5.97 Å². The molecule has 3 rings (SSSR count). The Hall–Kier alpha value is -3.15. The largest absolute Gasteiger partial charge is 0.465 e. The first-order valence-electron chi connectivity index (χ1n) is 9.83. The van der Waals surface area contributed by atoms with Crippen LogP contribution < -0.4 is 10.6 Å². The van der Waals surface area contributed by atoms with E-state index in [0.717, 1.165) is 11.3 Å². The Morgan fingerprint density at radius 2 is 1.38 bits per heavy atom. The smallest absolute Gasteiger partial charge is 0.339 e. The maximum atomic E-state index is 12.7. The zero-order valence-electron chi connectivity index (χ0n) is 16.7. The van der Waals surface area contributed by atoms with Crippen LogP contribution in [0.4, 0.5) is 11.4 Å². The summed E-state index contributed by atoms with van der Waals surface area (Å²) in [6.45, 7) is 2.00. The van der Waals surface area contributed by atoms with E-state index in [1.165, 1.54) is 7.11 Å². The molecule has 2 aromatic carbocycles. The highest BCUT2D eigenvalue weighted by atomic mass is 16.5. The molecule has 2 amide bonds. The Morgan fingerprint density at radius 3 is 1.97 bits per heavy atom. The monoisotopic (exact) mass is 394 g/mol. The van der Waals surface area contributed by atoms with Crippen molar-refractivity contribution in [3.8, 4) is 0 Å². The molecule has 0 aromatic heterocycles. The van der Waals surface area contributed by atoms with Crippen molar-refractivity contribution in [3.05, 3.63) is 59.7 Å². The minimum atomic E-state index is -0.489.